The van der Waals surface area contributed by atoms with Crippen molar-refractivity contribution in [3.63, 3.8) is 0 Å². The monoisotopic (exact) mass is 562 g/mol. The van der Waals surface area contributed by atoms with Gasteiger partial charge in [-0.3, -0.25) is 19.3 Å². The van der Waals surface area contributed by atoms with Crippen LogP contribution in [-0.4, -0.2) is 55.9 Å². The number of carbonyl (C=O) groups excluding carboxylic acids is 3. The average molecular weight is 563 g/mol. The Morgan fingerprint density at radius 3 is 2.37 bits per heavy atom. The molecule has 4 rings (SSSR count). The zero-order chi connectivity index (χ0) is 29.9. The van der Waals surface area contributed by atoms with Gasteiger partial charge in [-0.25, -0.2) is 0 Å². The van der Waals surface area contributed by atoms with E-state index in [1.165, 1.54) is 9.70 Å². The molecular formula is C32H42N4O5. The average Bonchev–Trinajstić information content (AvgIpc) is 3.43. The fraction of sp³-hybridized carbons (Fsp3) is 0.531. The summed E-state index contributed by atoms with van der Waals surface area (Å²) in [5.74, 6) is -0.939. The Hall–Kier alpha value is -3.75. The number of hydrogen-bond donors (Lipinski definition) is 1. The molecule has 3 atom stereocenters. The third kappa shape index (κ3) is 6.77. The summed E-state index contributed by atoms with van der Waals surface area (Å²) in [6, 6.07) is 11.2. The zero-order valence-corrected chi connectivity index (χ0v) is 25.0. The number of carbonyl (C=O) groups is 3. The molecule has 9 heteroatoms. The summed E-state index contributed by atoms with van der Waals surface area (Å²) in [4.78, 5) is 41.0. The molecule has 220 valence electrons. The topological polar surface area (TPSA) is 115 Å². The maximum Gasteiger partial charge on any atom is 0.306 e. The number of esters is 1. The van der Waals surface area contributed by atoms with E-state index in [2.05, 4.69) is 24.0 Å². The van der Waals surface area contributed by atoms with E-state index in [9.17, 15) is 19.5 Å². The number of phenolic OH excluding ortho intramolecular Hbond substituents is 1. The predicted molar refractivity (Wildman–Crippen MR) is 157 cm³/mol. The van der Waals surface area contributed by atoms with Crippen LogP contribution in [0.5, 0.6) is 5.75 Å². The molecule has 2 aromatic carbocycles. The normalized spacial score (nSPS) is 18.3. The van der Waals surface area contributed by atoms with Crippen LogP contribution in [0.4, 0.5) is 0 Å². The smallest absolute Gasteiger partial charge is 0.306 e. The number of benzene rings is 2. The highest BCUT2D eigenvalue weighted by Gasteiger charge is 2.44. The van der Waals surface area contributed by atoms with Crippen LogP contribution >= 0.6 is 0 Å². The number of hydrogen-bond acceptors (Lipinski definition) is 7. The minimum absolute atomic E-state index is 0.0296. The van der Waals surface area contributed by atoms with E-state index in [4.69, 9.17) is 4.74 Å². The van der Waals surface area contributed by atoms with Crippen LogP contribution in [0, 0.1) is 17.8 Å². The lowest BCUT2D eigenvalue weighted by atomic mass is 9.84. The van der Waals surface area contributed by atoms with Crippen LogP contribution in [0.15, 0.2) is 36.4 Å². The molecular weight excluding hydrogens is 520 g/mol. The Balaban J connectivity index is 1.39. The van der Waals surface area contributed by atoms with Gasteiger partial charge in [0, 0.05) is 17.9 Å². The van der Waals surface area contributed by atoms with Gasteiger partial charge >= 0.3 is 5.97 Å². The van der Waals surface area contributed by atoms with Crippen molar-refractivity contribution < 1.29 is 24.2 Å². The third-order valence-electron chi connectivity index (χ3n) is 7.94. The summed E-state index contributed by atoms with van der Waals surface area (Å²) in [6.45, 7) is 12.1. The molecule has 1 saturated heterocycles. The fourth-order valence-corrected chi connectivity index (χ4v) is 5.59. The van der Waals surface area contributed by atoms with Gasteiger partial charge in [-0.15, -0.1) is 15.0 Å². The second kappa shape index (κ2) is 12.4. The van der Waals surface area contributed by atoms with Crippen LogP contribution < -0.4 is 0 Å². The van der Waals surface area contributed by atoms with Crippen molar-refractivity contribution in [1.82, 2.24) is 19.9 Å². The lowest BCUT2D eigenvalue weighted by Crippen LogP contribution is -2.34. The van der Waals surface area contributed by atoms with Crippen LogP contribution in [0.2, 0.25) is 0 Å². The Morgan fingerprint density at radius 1 is 1.10 bits per heavy atom. The van der Waals surface area contributed by atoms with Crippen LogP contribution in [0.25, 0.3) is 16.7 Å². The van der Waals surface area contributed by atoms with Gasteiger partial charge in [-0.05, 0) is 47.9 Å². The molecule has 0 saturated carbocycles. The number of aryl methyl sites for hydroxylation is 1. The summed E-state index contributed by atoms with van der Waals surface area (Å²) in [7, 11) is 0. The summed E-state index contributed by atoms with van der Waals surface area (Å²) in [5, 5.41) is 20.2. The molecule has 1 fully saturated rings. The Morgan fingerprint density at radius 2 is 1.76 bits per heavy atom. The highest BCUT2D eigenvalue weighted by Crippen LogP contribution is 2.37. The summed E-state index contributed by atoms with van der Waals surface area (Å²) in [5.41, 5.74) is 3.07. The van der Waals surface area contributed by atoms with Gasteiger partial charge in [-0.1, -0.05) is 72.6 Å². The lowest BCUT2D eigenvalue weighted by molar-refractivity contribution is -0.148. The molecule has 1 aliphatic heterocycles. The van der Waals surface area contributed by atoms with E-state index in [-0.39, 0.29) is 54.4 Å². The fourth-order valence-electron chi connectivity index (χ4n) is 5.59. The van der Waals surface area contributed by atoms with E-state index in [0.29, 0.717) is 35.5 Å². The molecule has 1 aliphatic rings. The van der Waals surface area contributed by atoms with Gasteiger partial charge in [0.05, 0.1) is 12.5 Å². The van der Waals surface area contributed by atoms with Crippen molar-refractivity contribution in [2.24, 2.45) is 17.8 Å². The number of imide groups is 1. The number of nitrogens with zero attached hydrogens (tertiary/aromatic N) is 4. The molecule has 2 amide bonds. The number of likely N-dealkylation sites (tertiary alicyclic amines) is 1. The zero-order valence-electron chi connectivity index (χ0n) is 25.0. The Labute approximate surface area is 241 Å². The Kier molecular flexibility index (Phi) is 9.14. The lowest BCUT2D eigenvalue weighted by Gasteiger charge is -2.23. The Bertz CT molecular complexity index is 1390. The third-order valence-corrected chi connectivity index (χ3v) is 7.94. The first-order valence-electron chi connectivity index (χ1n) is 14.6. The van der Waals surface area contributed by atoms with Crippen molar-refractivity contribution in [2.45, 2.75) is 79.1 Å². The van der Waals surface area contributed by atoms with Crippen molar-refractivity contribution in [1.29, 1.82) is 0 Å². The quantitative estimate of drug-likeness (QED) is 0.248. The second-order valence-corrected chi connectivity index (χ2v) is 12.3. The van der Waals surface area contributed by atoms with Gasteiger partial charge in [0.1, 0.15) is 29.1 Å². The number of rotatable bonds is 11. The van der Waals surface area contributed by atoms with Gasteiger partial charge in [0.2, 0.25) is 11.8 Å². The number of aromatic nitrogens is 3. The molecule has 1 N–H and O–H groups in total. The van der Waals surface area contributed by atoms with E-state index in [1.54, 1.807) is 6.07 Å². The van der Waals surface area contributed by atoms with Crippen molar-refractivity contribution >= 4 is 28.8 Å². The van der Waals surface area contributed by atoms with Crippen LogP contribution in [-0.2, 0) is 31.0 Å². The first-order chi connectivity index (χ1) is 19.4. The standard InChI is InChI=1S/C32H42N4O5/c1-7-10-20(2)17-23-21(3)30(39)35(31(23)40)15-16-41-28(37)14-13-22-18-24(32(4,5)6)29(38)27(19-22)36-33-25-11-8-9-12-26(25)34-36/h8-9,11-12,18-21,23,38H,7,10,13-17H2,1-6H3. The highest BCUT2D eigenvalue weighted by atomic mass is 16.5. The number of aromatic hydroxyl groups is 1. The molecule has 0 spiro atoms. The minimum Gasteiger partial charge on any atom is -0.505 e. The van der Waals surface area contributed by atoms with E-state index in [0.717, 1.165) is 24.0 Å². The van der Waals surface area contributed by atoms with Crippen molar-refractivity contribution in [2.75, 3.05) is 13.2 Å². The molecule has 3 aromatic rings. The molecule has 0 bridgehead atoms. The minimum atomic E-state index is -0.417. The number of ether oxygens (including phenoxy) is 1. The van der Waals surface area contributed by atoms with Crippen LogP contribution in [0.1, 0.15) is 78.4 Å². The van der Waals surface area contributed by atoms with Gasteiger partial charge in [0.25, 0.3) is 0 Å². The van der Waals surface area contributed by atoms with E-state index >= 15 is 0 Å². The van der Waals surface area contributed by atoms with Crippen molar-refractivity contribution in [3.8, 4) is 11.4 Å². The molecule has 9 nitrogen and oxygen atoms in total. The first kappa shape index (κ1) is 30.2. The van der Waals surface area contributed by atoms with Gasteiger partial charge in [0.15, 0.2) is 0 Å². The van der Waals surface area contributed by atoms with E-state index in [1.807, 2.05) is 58.0 Å². The molecule has 0 aliphatic carbocycles. The summed E-state index contributed by atoms with van der Waals surface area (Å²) in [6.07, 6.45) is 3.26. The van der Waals surface area contributed by atoms with Gasteiger partial charge in [-0.2, -0.15) is 0 Å². The SMILES string of the molecule is CCCC(C)CC1C(=O)N(CCOC(=O)CCc2cc(-n3nc4ccccc4n3)c(O)c(C(C)(C)C)c2)C(=O)C1C. The van der Waals surface area contributed by atoms with Crippen molar-refractivity contribution in [3.05, 3.63) is 47.5 Å². The number of phenols is 1. The molecule has 0 radical (unpaired) electrons. The molecule has 41 heavy (non-hydrogen) atoms. The summed E-state index contributed by atoms with van der Waals surface area (Å²) >= 11 is 0. The number of amides is 2. The largest absolute Gasteiger partial charge is 0.505 e. The molecule has 1 aromatic heterocycles. The molecule has 3 unspecified atom stereocenters. The van der Waals surface area contributed by atoms with E-state index < -0.39 is 5.97 Å². The van der Waals surface area contributed by atoms with Crippen LogP contribution in [0.3, 0.4) is 0 Å². The first-order valence-corrected chi connectivity index (χ1v) is 14.6. The maximum atomic E-state index is 12.9. The predicted octanol–water partition coefficient (Wildman–Crippen LogP) is 5.35. The summed E-state index contributed by atoms with van der Waals surface area (Å²) < 4.78 is 5.42. The highest BCUT2D eigenvalue weighted by molar-refractivity contribution is 6.04. The molecule has 2 heterocycles. The maximum absolute atomic E-state index is 12.9. The number of fused-ring (bicyclic) bond motifs is 1. The van der Waals surface area contributed by atoms with Gasteiger partial charge < -0.3 is 9.84 Å². The second-order valence-electron chi connectivity index (χ2n) is 12.3.